The monoisotopic (exact) mass is 404 g/mol. The van der Waals surface area contributed by atoms with E-state index in [0.717, 1.165) is 5.56 Å². The molecule has 3 rings (SSSR count). The number of aromatic hydroxyl groups is 2. The molecule has 1 amide bonds. The van der Waals surface area contributed by atoms with Crippen molar-refractivity contribution in [2.45, 2.75) is 6.54 Å². The van der Waals surface area contributed by atoms with Gasteiger partial charge in [0.1, 0.15) is 11.5 Å². The summed E-state index contributed by atoms with van der Waals surface area (Å²) in [6.45, 7) is 0.383. The molecule has 3 aromatic rings. The summed E-state index contributed by atoms with van der Waals surface area (Å²) in [5, 5.41) is 27.9. The van der Waals surface area contributed by atoms with E-state index in [-0.39, 0.29) is 17.2 Å². The van der Waals surface area contributed by atoms with Crippen LogP contribution in [0.5, 0.6) is 11.5 Å². The minimum Gasteiger partial charge on any atom is -0.508 e. The number of nitrogens with zero attached hydrogens (tertiary/aromatic N) is 3. The average molecular weight is 405 g/mol. The summed E-state index contributed by atoms with van der Waals surface area (Å²) in [5.41, 5.74) is 3.66. The van der Waals surface area contributed by atoms with E-state index in [4.69, 9.17) is 23.2 Å². The number of amides is 1. The molecule has 138 valence electrons. The quantitative estimate of drug-likeness (QED) is 0.448. The van der Waals surface area contributed by atoms with Gasteiger partial charge in [-0.15, -0.1) is 0 Å². The van der Waals surface area contributed by atoms with Gasteiger partial charge in [0.25, 0.3) is 5.91 Å². The van der Waals surface area contributed by atoms with Crippen molar-refractivity contribution in [1.82, 2.24) is 15.2 Å². The van der Waals surface area contributed by atoms with Crippen molar-refractivity contribution in [1.29, 1.82) is 0 Å². The summed E-state index contributed by atoms with van der Waals surface area (Å²) >= 11 is 12.0. The zero-order valence-corrected chi connectivity index (χ0v) is 15.3. The van der Waals surface area contributed by atoms with Crippen LogP contribution in [0.1, 0.15) is 21.6 Å². The fraction of sp³-hybridized carbons (Fsp3) is 0.0556. The number of rotatable bonds is 5. The molecule has 1 aromatic heterocycles. The highest BCUT2D eigenvalue weighted by Gasteiger charge is 2.10. The first kappa shape index (κ1) is 18.8. The molecule has 9 heteroatoms. The van der Waals surface area contributed by atoms with E-state index in [1.807, 2.05) is 0 Å². The molecule has 0 aliphatic heterocycles. The molecular weight excluding hydrogens is 391 g/mol. The molecule has 0 saturated carbocycles. The molecule has 0 unspecified atom stereocenters. The number of benzene rings is 2. The highest BCUT2D eigenvalue weighted by molar-refractivity contribution is 6.35. The van der Waals surface area contributed by atoms with Gasteiger partial charge in [0.15, 0.2) is 5.69 Å². The lowest BCUT2D eigenvalue weighted by Gasteiger charge is -2.05. The number of hydrogen-bond acceptors (Lipinski definition) is 5. The predicted molar refractivity (Wildman–Crippen MR) is 103 cm³/mol. The topological polar surface area (TPSA) is 99.7 Å². The smallest absolute Gasteiger partial charge is 0.291 e. The van der Waals surface area contributed by atoms with Crippen molar-refractivity contribution < 1.29 is 15.0 Å². The maximum absolute atomic E-state index is 12.1. The van der Waals surface area contributed by atoms with Crippen LogP contribution >= 0.6 is 23.2 Å². The van der Waals surface area contributed by atoms with Gasteiger partial charge in [0.05, 0.1) is 12.8 Å². The zero-order valence-electron chi connectivity index (χ0n) is 13.8. The maximum Gasteiger partial charge on any atom is 0.291 e. The van der Waals surface area contributed by atoms with E-state index < -0.39 is 5.91 Å². The van der Waals surface area contributed by atoms with Crippen molar-refractivity contribution in [3.05, 3.63) is 75.5 Å². The number of carbonyl (C=O) groups is 1. The van der Waals surface area contributed by atoms with E-state index in [9.17, 15) is 15.0 Å². The largest absolute Gasteiger partial charge is 0.508 e. The molecule has 0 fully saturated rings. The number of phenolic OH excluding ortho intramolecular Hbond substituents is 2. The number of nitrogens with one attached hydrogen (secondary N) is 1. The molecule has 1 heterocycles. The SMILES string of the molecule is O=C(N/N=C/c1ccc(O)cc1O)c1ccn(Cc2ccc(Cl)cc2Cl)n1. The van der Waals surface area contributed by atoms with Crippen molar-refractivity contribution in [3.63, 3.8) is 0 Å². The average Bonchev–Trinajstić information content (AvgIpc) is 3.08. The van der Waals surface area contributed by atoms with Crippen molar-refractivity contribution in [2.24, 2.45) is 5.10 Å². The van der Waals surface area contributed by atoms with Crippen molar-refractivity contribution >= 4 is 35.3 Å². The van der Waals surface area contributed by atoms with Crippen LogP contribution in [0.2, 0.25) is 10.0 Å². The predicted octanol–water partition coefficient (Wildman–Crippen LogP) is 3.41. The minimum absolute atomic E-state index is 0.0694. The number of hydrogen-bond donors (Lipinski definition) is 3. The molecule has 0 aliphatic carbocycles. The van der Waals surface area contributed by atoms with Gasteiger partial charge in [-0.05, 0) is 35.9 Å². The van der Waals surface area contributed by atoms with E-state index in [0.29, 0.717) is 22.2 Å². The Morgan fingerprint density at radius 1 is 1.19 bits per heavy atom. The Hall–Kier alpha value is -3.03. The van der Waals surface area contributed by atoms with Gasteiger partial charge in [-0.25, -0.2) is 5.43 Å². The maximum atomic E-state index is 12.1. The van der Waals surface area contributed by atoms with Crippen LogP contribution in [0.15, 0.2) is 53.8 Å². The number of halogens is 2. The first-order valence-corrected chi connectivity index (χ1v) is 8.51. The van der Waals surface area contributed by atoms with Gasteiger partial charge < -0.3 is 10.2 Å². The van der Waals surface area contributed by atoms with Gasteiger partial charge in [0, 0.05) is 27.9 Å². The third-order valence-electron chi connectivity index (χ3n) is 3.60. The molecule has 27 heavy (non-hydrogen) atoms. The van der Waals surface area contributed by atoms with Gasteiger partial charge in [-0.1, -0.05) is 29.3 Å². The molecule has 3 N–H and O–H groups in total. The van der Waals surface area contributed by atoms with Crippen LogP contribution < -0.4 is 5.43 Å². The van der Waals surface area contributed by atoms with Crippen molar-refractivity contribution in [3.8, 4) is 11.5 Å². The highest BCUT2D eigenvalue weighted by atomic mass is 35.5. The second-order valence-electron chi connectivity index (χ2n) is 5.58. The summed E-state index contributed by atoms with van der Waals surface area (Å²) in [6.07, 6.45) is 2.91. The lowest BCUT2D eigenvalue weighted by atomic mass is 10.2. The molecule has 2 aromatic carbocycles. The Morgan fingerprint density at radius 2 is 2.00 bits per heavy atom. The summed E-state index contributed by atoms with van der Waals surface area (Å²) in [5.74, 6) is -0.734. The summed E-state index contributed by atoms with van der Waals surface area (Å²) in [4.78, 5) is 12.1. The van der Waals surface area contributed by atoms with Gasteiger partial charge in [0.2, 0.25) is 0 Å². The van der Waals surface area contributed by atoms with Gasteiger partial charge >= 0.3 is 0 Å². The summed E-state index contributed by atoms with van der Waals surface area (Å²) in [6, 6.07) is 10.7. The Kier molecular flexibility index (Phi) is 5.63. The normalized spacial score (nSPS) is 11.0. The fourth-order valence-corrected chi connectivity index (χ4v) is 2.72. The molecular formula is C18H14Cl2N4O3. The highest BCUT2D eigenvalue weighted by Crippen LogP contribution is 2.22. The lowest BCUT2D eigenvalue weighted by molar-refractivity contribution is 0.0949. The third-order valence-corrected chi connectivity index (χ3v) is 4.19. The Balaban J connectivity index is 1.63. The van der Waals surface area contributed by atoms with Crippen LogP contribution in [0.3, 0.4) is 0 Å². The molecule has 0 bridgehead atoms. The fourth-order valence-electron chi connectivity index (χ4n) is 2.25. The Bertz CT molecular complexity index is 1020. The van der Waals surface area contributed by atoms with Crippen LogP contribution in [-0.4, -0.2) is 32.1 Å². The lowest BCUT2D eigenvalue weighted by Crippen LogP contribution is -2.18. The molecule has 7 nitrogen and oxygen atoms in total. The van der Waals surface area contributed by atoms with E-state index in [2.05, 4.69) is 15.6 Å². The second-order valence-corrected chi connectivity index (χ2v) is 6.42. The molecule has 0 atom stereocenters. The van der Waals surface area contributed by atoms with E-state index >= 15 is 0 Å². The number of phenols is 2. The second kappa shape index (κ2) is 8.11. The summed E-state index contributed by atoms with van der Waals surface area (Å²) < 4.78 is 1.57. The summed E-state index contributed by atoms with van der Waals surface area (Å²) in [7, 11) is 0. The standard InChI is InChI=1S/C18H14Cl2N4O3/c19-13-3-1-12(15(20)7-13)10-24-6-5-16(23-24)18(27)22-21-9-11-2-4-14(25)8-17(11)26/h1-9,25-26H,10H2,(H,22,27)/b21-9+. The van der Waals surface area contributed by atoms with Crippen LogP contribution in [-0.2, 0) is 6.54 Å². The van der Waals surface area contributed by atoms with E-state index in [1.165, 1.54) is 24.4 Å². The number of hydrazone groups is 1. The first-order valence-electron chi connectivity index (χ1n) is 7.75. The molecule has 0 aliphatic rings. The van der Waals surface area contributed by atoms with Gasteiger partial charge in [-0.3, -0.25) is 9.48 Å². The number of aromatic nitrogens is 2. The van der Waals surface area contributed by atoms with Gasteiger partial charge in [-0.2, -0.15) is 10.2 Å². The Morgan fingerprint density at radius 3 is 2.74 bits per heavy atom. The zero-order chi connectivity index (χ0) is 19.4. The Labute approximate surface area is 164 Å². The number of carbonyl (C=O) groups excluding carboxylic acids is 1. The third kappa shape index (κ3) is 4.78. The van der Waals surface area contributed by atoms with Crippen molar-refractivity contribution in [2.75, 3.05) is 0 Å². The van der Waals surface area contributed by atoms with Crippen LogP contribution in [0, 0.1) is 0 Å². The molecule has 0 saturated heterocycles. The molecule has 0 spiro atoms. The minimum atomic E-state index is -0.509. The van der Waals surface area contributed by atoms with Crippen LogP contribution in [0.4, 0.5) is 0 Å². The van der Waals surface area contributed by atoms with E-state index in [1.54, 1.807) is 35.1 Å². The molecule has 0 radical (unpaired) electrons. The van der Waals surface area contributed by atoms with Crippen LogP contribution in [0.25, 0.3) is 0 Å². The first-order chi connectivity index (χ1) is 12.9.